The van der Waals surface area contributed by atoms with Gasteiger partial charge in [0.2, 0.25) is 0 Å². The average molecular weight is 390 g/mol. The van der Waals surface area contributed by atoms with E-state index in [1.165, 1.54) is 6.07 Å². The standard InChI is InChI=1S/C19H16ClNO4S/c1-26(23,24)12-13-5-4-7-15(9-13)19(22)25-11-16-10-14-6-2-3-8-17(14)21-18(16)20/h2-10H,11-12H2,1H3. The Balaban J connectivity index is 1.75. The Bertz CT molecular complexity index is 1080. The largest absolute Gasteiger partial charge is 0.457 e. The maximum absolute atomic E-state index is 12.3. The fourth-order valence-electron chi connectivity index (χ4n) is 2.55. The molecule has 0 saturated heterocycles. The number of nitrogens with zero attached hydrogens (tertiary/aromatic N) is 1. The summed E-state index contributed by atoms with van der Waals surface area (Å²) in [7, 11) is -3.18. The van der Waals surface area contributed by atoms with Crippen LogP contribution in [0.15, 0.2) is 54.6 Å². The van der Waals surface area contributed by atoms with Crippen molar-refractivity contribution >= 4 is 38.3 Å². The van der Waals surface area contributed by atoms with E-state index in [-0.39, 0.29) is 23.1 Å². The van der Waals surface area contributed by atoms with E-state index in [1.807, 2.05) is 30.3 Å². The summed E-state index contributed by atoms with van der Waals surface area (Å²) in [6, 6.07) is 15.7. The smallest absolute Gasteiger partial charge is 0.338 e. The Morgan fingerprint density at radius 3 is 2.65 bits per heavy atom. The van der Waals surface area contributed by atoms with Gasteiger partial charge in [-0.1, -0.05) is 41.9 Å². The van der Waals surface area contributed by atoms with E-state index >= 15 is 0 Å². The second-order valence-corrected chi connectivity index (χ2v) is 8.48. The van der Waals surface area contributed by atoms with Crippen molar-refractivity contribution in [2.45, 2.75) is 12.4 Å². The predicted octanol–water partition coefficient (Wildman–Crippen LogP) is 3.79. The Morgan fingerprint density at radius 2 is 1.88 bits per heavy atom. The van der Waals surface area contributed by atoms with Crippen molar-refractivity contribution in [1.82, 2.24) is 4.98 Å². The zero-order chi connectivity index (χ0) is 18.7. The van der Waals surface area contributed by atoms with E-state index in [1.54, 1.807) is 18.2 Å². The van der Waals surface area contributed by atoms with Crippen LogP contribution in [0.2, 0.25) is 5.15 Å². The van der Waals surface area contributed by atoms with Crippen molar-refractivity contribution in [3.8, 4) is 0 Å². The Kier molecular flexibility index (Phi) is 5.25. The van der Waals surface area contributed by atoms with Crippen LogP contribution in [0.5, 0.6) is 0 Å². The van der Waals surface area contributed by atoms with Crippen LogP contribution in [0.3, 0.4) is 0 Å². The van der Waals surface area contributed by atoms with Gasteiger partial charge in [0.25, 0.3) is 0 Å². The number of rotatable bonds is 5. The number of carbonyl (C=O) groups excluding carboxylic acids is 1. The molecule has 1 heterocycles. The highest BCUT2D eigenvalue weighted by atomic mass is 35.5. The van der Waals surface area contributed by atoms with E-state index in [4.69, 9.17) is 16.3 Å². The molecule has 0 aliphatic rings. The number of fused-ring (bicyclic) bond motifs is 1. The van der Waals surface area contributed by atoms with Crippen LogP contribution in [-0.4, -0.2) is 25.6 Å². The van der Waals surface area contributed by atoms with E-state index in [9.17, 15) is 13.2 Å². The van der Waals surface area contributed by atoms with Gasteiger partial charge in [-0.15, -0.1) is 0 Å². The molecule has 0 saturated carbocycles. The zero-order valence-electron chi connectivity index (χ0n) is 14.0. The molecule has 2 aromatic carbocycles. The lowest BCUT2D eigenvalue weighted by Gasteiger charge is -2.08. The Labute approximate surface area is 156 Å². The van der Waals surface area contributed by atoms with Gasteiger partial charge in [-0.25, -0.2) is 18.2 Å². The lowest BCUT2D eigenvalue weighted by Crippen LogP contribution is -2.07. The molecule has 0 spiro atoms. The van der Waals surface area contributed by atoms with E-state index < -0.39 is 15.8 Å². The van der Waals surface area contributed by atoms with Crippen LogP contribution < -0.4 is 0 Å². The van der Waals surface area contributed by atoms with E-state index in [0.29, 0.717) is 11.1 Å². The van der Waals surface area contributed by atoms with Gasteiger partial charge in [0, 0.05) is 17.2 Å². The highest BCUT2D eigenvalue weighted by Crippen LogP contribution is 2.21. The van der Waals surface area contributed by atoms with Gasteiger partial charge in [-0.05, 0) is 29.8 Å². The molecule has 0 amide bonds. The molecule has 0 aliphatic heterocycles. The maximum atomic E-state index is 12.3. The lowest BCUT2D eigenvalue weighted by atomic mass is 10.1. The zero-order valence-corrected chi connectivity index (χ0v) is 15.5. The molecule has 0 fully saturated rings. The van der Waals surface area contributed by atoms with Crippen molar-refractivity contribution in [3.05, 3.63) is 76.4 Å². The molecule has 0 radical (unpaired) electrons. The van der Waals surface area contributed by atoms with Gasteiger partial charge >= 0.3 is 5.97 Å². The Hall–Kier alpha value is -2.44. The highest BCUT2D eigenvalue weighted by Gasteiger charge is 2.12. The number of ether oxygens (including phenoxy) is 1. The van der Waals surface area contributed by atoms with Crippen LogP contribution in [-0.2, 0) is 26.9 Å². The first-order chi connectivity index (χ1) is 12.3. The predicted molar refractivity (Wildman–Crippen MR) is 101 cm³/mol. The third-order valence-electron chi connectivity index (χ3n) is 3.70. The van der Waals surface area contributed by atoms with Gasteiger partial charge in [0.05, 0.1) is 16.8 Å². The first-order valence-electron chi connectivity index (χ1n) is 7.80. The van der Waals surface area contributed by atoms with Gasteiger partial charge in [-0.3, -0.25) is 0 Å². The monoisotopic (exact) mass is 389 g/mol. The molecule has 3 aromatic rings. The summed E-state index contributed by atoms with van der Waals surface area (Å²) in [6.45, 7) is -0.0220. The van der Waals surface area contributed by atoms with Crippen molar-refractivity contribution in [1.29, 1.82) is 0 Å². The number of para-hydroxylation sites is 1. The Morgan fingerprint density at radius 1 is 1.12 bits per heavy atom. The topological polar surface area (TPSA) is 73.3 Å². The van der Waals surface area contributed by atoms with Gasteiger partial charge in [0.1, 0.15) is 11.8 Å². The SMILES string of the molecule is CS(=O)(=O)Cc1cccc(C(=O)OCc2cc3ccccc3nc2Cl)c1. The van der Waals surface area contributed by atoms with Crippen molar-refractivity contribution < 1.29 is 17.9 Å². The number of pyridine rings is 1. The first kappa shape index (κ1) is 18.4. The maximum Gasteiger partial charge on any atom is 0.338 e. The van der Waals surface area contributed by atoms with E-state index in [0.717, 1.165) is 17.2 Å². The second-order valence-electron chi connectivity index (χ2n) is 5.98. The van der Waals surface area contributed by atoms with Gasteiger partial charge in [0.15, 0.2) is 9.84 Å². The quantitative estimate of drug-likeness (QED) is 0.490. The number of sulfone groups is 1. The number of hydrogen-bond acceptors (Lipinski definition) is 5. The number of aromatic nitrogens is 1. The number of carbonyl (C=O) groups is 1. The molecular formula is C19H16ClNO4S. The average Bonchev–Trinajstić information content (AvgIpc) is 2.58. The van der Waals surface area contributed by atoms with Crippen LogP contribution in [0.1, 0.15) is 21.5 Å². The summed E-state index contributed by atoms with van der Waals surface area (Å²) < 4.78 is 28.1. The normalized spacial score (nSPS) is 11.5. The summed E-state index contributed by atoms with van der Waals surface area (Å²) in [5, 5.41) is 1.18. The third kappa shape index (κ3) is 4.59. The molecule has 1 aromatic heterocycles. The summed E-state index contributed by atoms with van der Waals surface area (Å²) >= 11 is 6.16. The van der Waals surface area contributed by atoms with Crippen molar-refractivity contribution in [3.63, 3.8) is 0 Å². The fourth-order valence-corrected chi connectivity index (χ4v) is 3.54. The van der Waals surface area contributed by atoms with Crippen LogP contribution in [0, 0.1) is 0 Å². The van der Waals surface area contributed by atoms with Gasteiger partial charge in [-0.2, -0.15) is 0 Å². The van der Waals surface area contributed by atoms with Gasteiger partial charge < -0.3 is 4.74 Å². The van der Waals surface area contributed by atoms with Crippen molar-refractivity contribution in [2.75, 3.05) is 6.26 Å². The lowest BCUT2D eigenvalue weighted by molar-refractivity contribution is 0.0472. The van der Waals surface area contributed by atoms with E-state index in [2.05, 4.69) is 4.98 Å². The van der Waals surface area contributed by atoms with Crippen LogP contribution in [0.25, 0.3) is 10.9 Å². The molecule has 5 nitrogen and oxygen atoms in total. The summed E-state index contributed by atoms with van der Waals surface area (Å²) in [6.07, 6.45) is 1.15. The molecule has 0 unspecified atom stereocenters. The van der Waals surface area contributed by atoms with Crippen molar-refractivity contribution in [2.24, 2.45) is 0 Å². The molecule has 0 N–H and O–H groups in total. The molecular weight excluding hydrogens is 374 g/mol. The van der Waals surface area contributed by atoms with Crippen LogP contribution >= 0.6 is 11.6 Å². The number of halogens is 1. The molecule has 0 atom stereocenters. The summed E-state index contributed by atoms with van der Waals surface area (Å²) in [5.41, 5.74) is 2.19. The third-order valence-corrected chi connectivity index (χ3v) is 4.89. The summed E-state index contributed by atoms with van der Waals surface area (Å²) in [5.74, 6) is -0.682. The minimum Gasteiger partial charge on any atom is -0.457 e. The highest BCUT2D eigenvalue weighted by molar-refractivity contribution is 7.89. The summed E-state index contributed by atoms with van der Waals surface area (Å²) in [4.78, 5) is 16.6. The molecule has 3 rings (SSSR count). The molecule has 0 aliphatic carbocycles. The first-order valence-corrected chi connectivity index (χ1v) is 10.2. The molecule has 0 bridgehead atoms. The second kappa shape index (κ2) is 7.43. The van der Waals surface area contributed by atoms with Crippen LogP contribution in [0.4, 0.5) is 0 Å². The minimum absolute atomic E-state index is 0.0220. The molecule has 7 heteroatoms. The number of esters is 1. The molecule has 134 valence electrons. The fraction of sp³-hybridized carbons (Fsp3) is 0.158. The number of benzene rings is 2. The minimum atomic E-state index is -3.18. The molecule has 26 heavy (non-hydrogen) atoms. The number of hydrogen-bond donors (Lipinski definition) is 0.